The van der Waals surface area contributed by atoms with Crippen molar-refractivity contribution < 1.29 is 27.4 Å². The molecule has 0 amide bonds. The molecular weight excluding hydrogens is 343 g/mol. The molecule has 0 aliphatic rings. The number of hydrogen-bond acceptors (Lipinski definition) is 5. The van der Waals surface area contributed by atoms with E-state index in [0.717, 1.165) is 6.07 Å². The molecule has 1 atom stereocenters. The van der Waals surface area contributed by atoms with Gasteiger partial charge in [-0.15, -0.1) is 13.2 Å². The Bertz CT molecular complexity index is 647. The standard InChI is InChI=1S/C16H18F3NO3S/c1-10(8-22-14(21)15(2,3)4)11-6-5-7-12(13(11)20-9-24)23-16(17,18)19/h5-7,10H,8H2,1-4H3. The van der Waals surface area contributed by atoms with Gasteiger partial charge in [0, 0.05) is 5.92 Å². The third-order valence-corrected chi connectivity index (χ3v) is 3.11. The number of para-hydroxylation sites is 1. The second-order valence-electron chi connectivity index (χ2n) is 6.19. The fourth-order valence-corrected chi connectivity index (χ4v) is 1.91. The van der Waals surface area contributed by atoms with Gasteiger partial charge in [-0.3, -0.25) is 4.79 Å². The van der Waals surface area contributed by atoms with Gasteiger partial charge < -0.3 is 9.47 Å². The number of ether oxygens (including phenoxy) is 2. The van der Waals surface area contributed by atoms with Gasteiger partial charge in [-0.1, -0.05) is 19.1 Å². The highest BCUT2D eigenvalue weighted by Crippen LogP contribution is 2.38. The monoisotopic (exact) mass is 361 g/mol. The predicted octanol–water partition coefficient (Wildman–Crippen LogP) is 5.01. The fourth-order valence-electron chi connectivity index (χ4n) is 1.82. The van der Waals surface area contributed by atoms with Crippen LogP contribution < -0.4 is 4.74 Å². The summed E-state index contributed by atoms with van der Waals surface area (Å²) in [6.07, 6.45) is -4.85. The van der Waals surface area contributed by atoms with E-state index in [4.69, 9.17) is 4.74 Å². The SMILES string of the molecule is CC(COC(=O)C(C)(C)C)c1cccc(OC(F)(F)F)c1N=C=S. The zero-order chi connectivity index (χ0) is 18.5. The highest BCUT2D eigenvalue weighted by atomic mass is 32.1. The Hall–Kier alpha value is -1.92. The molecular formula is C16H18F3NO3S. The van der Waals surface area contributed by atoms with Crippen LogP contribution in [0.2, 0.25) is 0 Å². The number of carbonyl (C=O) groups excluding carboxylic acids is 1. The molecule has 8 heteroatoms. The van der Waals surface area contributed by atoms with Gasteiger partial charge in [0.15, 0.2) is 5.75 Å². The Balaban J connectivity index is 3.07. The number of hydrogen-bond donors (Lipinski definition) is 0. The Kier molecular flexibility index (Phi) is 6.51. The van der Waals surface area contributed by atoms with Crippen LogP contribution in [0.4, 0.5) is 18.9 Å². The van der Waals surface area contributed by atoms with Crippen molar-refractivity contribution in [2.45, 2.75) is 40.0 Å². The van der Waals surface area contributed by atoms with E-state index in [0.29, 0.717) is 5.56 Å². The minimum Gasteiger partial charge on any atom is -0.465 e. The number of benzene rings is 1. The van der Waals surface area contributed by atoms with Crippen LogP contribution in [-0.2, 0) is 9.53 Å². The number of esters is 1. The first-order chi connectivity index (χ1) is 11.0. The lowest BCUT2D eigenvalue weighted by Gasteiger charge is -2.20. The molecule has 0 fully saturated rings. The number of nitrogens with zero attached hydrogens (tertiary/aromatic N) is 1. The van der Waals surface area contributed by atoms with Gasteiger partial charge in [-0.05, 0) is 44.6 Å². The van der Waals surface area contributed by atoms with Gasteiger partial charge in [-0.2, -0.15) is 4.99 Å². The molecule has 0 saturated carbocycles. The van der Waals surface area contributed by atoms with Gasteiger partial charge in [-0.25, -0.2) is 0 Å². The molecule has 1 aromatic rings. The lowest BCUT2D eigenvalue weighted by Crippen LogP contribution is -2.24. The maximum atomic E-state index is 12.5. The van der Waals surface area contributed by atoms with Crippen LogP contribution in [0, 0.1) is 5.41 Å². The van der Waals surface area contributed by atoms with Crippen LogP contribution in [0.15, 0.2) is 23.2 Å². The fraction of sp³-hybridized carbons (Fsp3) is 0.500. The van der Waals surface area contributed by atoms with Crippen LogP contribution in [0.3, 0.4) is 0 Å². The highest BCUT2D eigenvalue weighted by Gasteiger charge is 2.33. The van der Waals surface area contributed by atoms with Crippen molar-refractivity contribution in [3.63, 3.8) is 0 Å². The topological polar surface area (TPSA) is 47.9 Å². The minimum absolute atomic E-state index is 0.00841. The Morgan fingerprint density at radius 3 is 2.46 bits per heavy atom. The van der Waals surface area contributed by atoms with E-state index in [1.807, 2.05) is 5.16 Å². The molecule has 4 nitrogen and oxygen atoms in total. The normalized spacial score (nSPS) is 13.0. The minimum atomic E-state index is -4.85. The predicted molar refractivity (Wildman–Crippen MR) is 86.6 cm³/mol. The molecule has 1 rings (SSSR count). The summed E-state index contributed by atoms with van der Waals surface area (Å²) < 4.78 is 46.7. The summed E-state index contributed by atoms with van der Waals surface area (Å²) in [5.41, 5.74) is -0.337. The smallest absolute Gasteiger partial charge is 0.465 e. The number of aliphatic imine (C=N–C) groups is 1. The Morgan fingerprint density at radius 2 is 1.96 bits per heavy atom. The summed E-state index contributed by atoms with van der Waals surface area (Å²) in [5, 5.41) is 2.05. The summed E-state index contributed by atoms with van der Waals surface area (Å²) in [6, 6.07) is 4.11. The van der Waals surface area contributed by atoms with Gasteiger partial charge in [0.05, 0.1) is 17.2 Å². The van der Waals surface area contributed by atoms with Crippen molar-refractivity contribution in [3.05, 3.63) is 23.8 Å². The number of alkyl halides is 3. The molecule has 0 radical (unpaired) electrons. The van der Waals surface area contributed by atoms with Crippen LogP contribution in [-0.4, -0.2) is 24.1 Å². The molecule has 132 valence electrons. The number of carbonyl (C=O) groups is 1. The molecule has 0 aliphatic heterocycles. The average molecular weight is 361 g/mol. The highest BCUT2D eigenvalue weighted by molar-refractivity contribution is 7.78. The van der Waals surface area contributed by atoms with Gasteiger partial charge in [0.2, 0.25) is 0 Å². The zero-order valence-electron chi connectivity index (χ0n) is 13.7. The van der Waals surface area contributed by atoms with Gasteiger partial charge in [0.1, 0.15) is 5.69 Å². The maximum absolute atomic E-state index is 12.5. The lowest BCUT2D eigenvalue weighted by molar-refractivity contribution is -0.274. The van der Waals surface area contributed by atoms with E-state index in [9.17, 15) is 18.0 Å². The molecule has 0 heterocycles. The number of rotatable bonds is 5. The molecule has 0 saturated heterocycles. The first kappa shape index (κ1) is 20.1. The summed E-state index contributed by atoms with van der Waals surface area (Å²) in [6.45, 7) is 6.82. The maximum Gasteiger partial charge on any atom is 0.573 e. The lowest BCUT2D eigenvalue weighted by atomic mass is 9.96. The third-order valence-electron chi connectivity index (χ3n) is 3.02. The van der Waals surface area contributed by atoms with Crippen molar-refractivity contribution in [2.75, 3.05) is 6.61 Å². The van der Waals surface area contributed by atoms with E-state index in [1.165, 1.54) is 6.07 Å². The summed E-state index contributed by atoms with van der Waals surface area (Å²) >= 11 is 4.50. The van der Waals surface area contributed by atoms with Crippen molar-refractivity contribution in [1.29, 1.82) is 0 Å². The third kappa shape index (κ3) is 5.94. The van der Waals surface area contributed by atoms with Crippen LogP contribution >= 0.6 is 12.2 Å². The summed E-state index contributed by atoms with van der Waals surface area (Å²) in [4.78, 5) is 15.5. The molecule has 0 bridgehead atoms. The van der Waals surface area contributed by atoms with Crippen molar-refractivity contribution in [1.82, 2.24) is 0 Å². The number of thiocarbonyl (C=S) groups is 1. The van der Waals surface area contributed by atoms with Gasteiger partial charge in [0.25, 0.3) is 0 Å². The van der Waals surface area contributed by atoms with Crippen LogP contribution in [0.1, 0.15) is 39.2 Å². The summed E-state index contributed by atoms with van der Waals surface area (Å²) in [5.74, 6) is -1.29. The largest absolute Gasteiger partial charge is 0.573 e. The molecule has 24 heavy (non-hydrogen) atoms. The molecule has 0 aliphatic carbocycles. The van der Waals surface area contributed by atoms with Crippen molar-refractivity contribution >= 4 is 29.0 Å². The Morgan fingerprint density at radius 1 is 1.33 bits per heavy atom. The second-order valence-corrected chi connectivity index (χ2v) is 6.38. The first-order valence-electron chi connectivity index (χ1n) is 7.09. The zero-order valence-corrected chi connectivity index (χ0v) is 14.5. The average Bonchev–Trinajstić information content (AvgIpc) is 2.43. The van der Waals surface area contributed by atoms with E-state index < -0.39 is 29.4 Å². The van der Waals surface area contributed by atoms with E-state index in [1.54, 1.807) is 33.8 Å². The second kappa shape index (κ2) is 7.77. The van der Waals surface area contributed by atoms with E-state index >= 15 is 0 Å². The molecule has 0 spiro atoms. The van der Waals surface area contributed by atoms with Crippen LogP contribution in [0.5, 0.6) is 5.75 Å². The van der Waals surface area contributed by atoms with E-state index in [-0.39, 0.29) is 12.3 Å². The quantitative estimate of drug-likeness (QED) is 0.420. The summed E-state index contributed by atoms with van der Waals surface area (Å²) in [7, 11) is 0. The first-order valence-corrected chi connectivity index (χ1v) is 7.50. The number of isothiocyanates is 1. The Labute approximate surface area is 143 Å². The molecule has 0 aromatic heterocycles. The van der Waals surface area contributed by atoms with E-state index in [2.05, 4.69) is 21.9 Å². The van der Waals surface area contributed by atoms with Crippen molar-refractivity contribution in [2.24, 2.45) is 10.4 Å². The van der Waals surface area contributed by atoms with Gasteiger partial charge >= 0.3 is 12.3 Å². The number of halogens is 3. The molecule has 1 aromatic carbocycles. The molecule has 1 unspecified atom stereocenters. The van der Waals surface area contributed by atoms with Crippen LogP contribution in [0.25, 0.3) is 0 Å². The molecule has 0 N–H and O–H groups in total. The van der Waals surface area contributed by atoms with Crippen molar-refractivity contribution in [3.8, 4) is 5.75 Å².